The van der Waals surface area contributed by atoms with Gasteiger partial charge in [-0.2, -0.15) is 11.8 Å². The van der Waals surface area contributed by atoms with Gasteiger partial charge >= 0.3 is 0 Å². The van der Waals surface area contributed by atoms with Gasteiger partial charge in [0.15, 0.2) is 0 Å². The van der Waals surface area contributed by atoms with Gasteiger partial charge in [-0.3, -0.25) is 4.79 Å². The van der Waals surface area contributed by atoms with Crippen molar-refractivity contribution in [1.82, 2.24) is 10.2 Å². The second kappa shape index (κ2) is 10.9. The molecular formula is C12H26ClN3OS. The minimum absolute atomic E-state index is 0. The molecule has 1 heterocycles. The lowest BCUT2D eigenvalue weighted by molar-refractivity contribution is -0.122. The fraction of sp³-hybridized carbons (Fsp3) is 0.917. The number of nitrogens with two attached hydrogens (primary N) is 1. The summed E-state index contributed by atoms with van der Waals surface area (Å²) in [6.45, 7) is 4.04. The predicted molar refractivity (Wildman–Crippen MR) is 81.5 cm³/mol. The van der Waals surface area contributed by atoms with Crippen LogP contribution in [0.15, 0.2) is 0 Å². The molecule has 4 nitrogen and oxygen atoms in total. The van der Waals surface area contributed by atoms with Gasteiger partial charge in [0.25, 0.3) is 0 Å². The summed E-state index contributed by atoms with van der Waals surface area (Å²) in [5, 5.41) is 2.92. The Hall–Kier alpha value is 0.0300. The molecular weight excluding hydrogens is 270 g/mol. The second-order valence-corrected chi connectivity index (χ2v) is 5.57. The molecule has 18 heavy (non-hydrogen) atoms. The number of nitrogens with one attached hydrogen (secondary N) is 1. The van der Waals surface area contributed by atoms with Gasteiger partial charge in [-0.15, -0.1) is 12.4 Å². The normalized spacial score (nSPS) is 17.9. The van der Waals surface area contributed by atoms with Crippen LogP contribution in [0, 0.1) is 0 Å². The van der Waals surface area contributed by atoms with Gasteiger partial charge in [-0.25, -0.2) is 0 Å². The molecule has 0 aromatic rings. The van der Waals surface area contributed by atoms with E-state index in [1.165, 1.54) is 32.4 Å². The second-order valence-electron chi connectivity index (χ2n) is 4.58. The van der Waals surface area contributed by atoms with Crippen LogP contribution in [0.2, 0.25) is 0 Å². The van der Waals surface area contributed by atoms with Gasteiger partial charge in [-0.1, -0.05) is 6.42 Å². The molecule has 0 spiro atoms. The maximum absolute atomic E-state index is 11.6. The maximum Gasteiger partial charge on any atom is 0.236 e. The van der Waals surface area contributed by atoms with Crippen molar-refractivity contribution in [3.63, 3.8) is 0 Å². The molecule has 0 unspecified atom stereocenters. The van der Waals surface area contributed by atoms with Crippen LogP contribution in [0.25, 0.3) is 0 Å². The van der Waals surface area contributed by atoms with Gasteiger partial charge in [0.2, 0.25) is 5.91 Å². The van der Waals surface area contributed by atoms with Crippen LogP contribution in [-0.4, -0.2) is 55.0 Å². The van der Waals surface area contributed by atoms with E-state index in [0.717, 1.165) is 25.3 Å². The third-order valence-electron chi connectivity index (χ3n) is 3.15. The molecule has 0 aliphatic carbocycles. The quantitative estimate of drug-likeness (QED) is 0.738. The number of carbonyl (C=O) groups is 1. The third kappa shape index (κ3) is 7.46. The van der Waals surface area contributed by atoms with E-state index in [1.807, 2.05) is 6.26 Å². The van der Waals surface area contributed by atoms with E-state index in [-0.39, 0.29) is 24.4 Å². The van der Waals surface area contributed by atoms with Crippen LogP contribution in [0.5, 0.6) is 0 Å². The van der Waals surface area contributed by atoms with Crippen molar-refractivity contribution >= 4 is 30.1 Å². The van der Waals surface area contributed by atoms with Gasteiger partial charge in [0, 0.05) is 13.1 Å². The minimum atomic E-state index is -0.344. The highest BCUT2D eigenvalue weighted by atomic mass is 35.5. The molecule has 1 rings (SSSR count). The van der Waals surface area contributed by atoms with Crippen molar-refractivity contribution in [2.24, 2.45) is 5.73 Å². The molecule has 0 radical (unpaired) electrons. The van der Waals surface area contributed by atoms with Gasteiger partial charge < -0.3 is 16.0 Å². The van der Waals surface area contributed by atoms with E-state index in [0.29, 0.717) is 0 Å². The lowest BCUT2D eigenvalue weighted by Gasteiger charge is -2.26. The smallest absolute Gasteiger partial charge is 0.236 e. The standard InChI is InChI=1S/C12H25N3OS.ClH/c1-17-10-5-11(13)12(16)14-6-9-15-7-3-2-4-8-15;/h11H,2-10,13H2,1H3,(H,14,16);1H/t11-;/m0./s1. The van der Waals surface area contributed by atoms with Gasteiger partial charge in [-0.05, 0) is 44.4 Å². The Bertz CT molecular complexity index is 225. The highest BCUT2D eigenvalue weighted by Crippen LogP contribution is 2.07. The first-order valence-corrected chi connectivity index (χ1v) is 7.88. The molecule has 1 amide bonds. The Morgan fingerprint density at radius 3 is 2.67 bits per heavy atom. The molecule has 108 valence electrons. The van der Waals surface area contributed by atoms with E-state index in [1.54, 1.807) is 11.8 Å². The summed E-state index contributed by atoms with van der Waals surface area (Å²) in [5.41, 5.74) is 5.78. The lowest BCUT2D eigenvalue weighted by atomic mass is 10.1. The molecule has 1 fully saturated rings. The summed E-state index contributed by atoms with van der Waals surface area (Å²) >= 11 is 1.73. The van der Waals surface area contributed by atoms with E-state index in [4.69, 9.17) is 5.73 Å². The fourth-order valence-corrected chi connectivity index (χ4v) is 2.52. The number of likely N-dealkylation sites (tertiary alicyclic amines) is 1. The first-order valence-electron chi connectivity index (χ1n) is 6.48. The molecule has 0 aromatic carbocycles. The summed E-state index contributed by atoms with van der Waals surface area (Å²) in [6.07, 6.45) is 6.72. The summed E-state index contributed by atoms with van der Waals surface area (Å²) in [7, 11) is 0. The van der Waals surface area contributed by atoms with E-state index < -0.39 is 0 Å². The average molecular weight is 296 g/mol. The van der Waals surface area contributed by atoms with Crippen molar-refractivity contribution in [3.8, 4) is 0 Å². The van der Waals surface area contributed by atoms with Crippen molar-refractivity contribution in [3.05, 3.63) is 0 Å². The summed E-state index contributed by atoms with van der Waals surface area (Å²) in [5.74, 6) is 0.942. The van der Waals surface area contributed by atoms with Gasteiger partial charge in [0.1, 0.15) is 0 Å². The summed E-state index contributed by atoms with van der Waals surface area (Å²) in [6, 6.07) is -0.344. The lowest BCUT2D eigenvalue weighted by Crippen LogP contribution is -2.44. The summed E-state index contributed by atoms with van der Waals surface area (Å²) < 4.78 is 0. The Morgan fingerprint density at radius 1 is 1.39 bits per heavy atom. The largest absolute Gasteiger partial charge is 0.353 e. The molecule has 1 aliphatic heterocycles. The van der Waals surface area contributed by atoms with Crippen molar-refractivity contribution in [2.45, 2.75) is 31.7 Å². The zero-order valence-electron chi connectivity index (χ0n) is 11.2. The number of thioether (sulfide) groups is 1. The number of hydrogen-bond acceptors (Lipinski definition) is 4. The molecule has 1 atom stereocenters. The Balaban J connectivity index is 0.00000289. The van der Waals surface area contributed by atoms with Crippen LogP contribution in [0.4, 0.5) is 0 Å². The fourth-order valence-electron chi connectivity index (χ4n) is 2.03. The number of carbonyl (C=O) groups excluding carboxylic acids is 1. The Labute approximate surface area is 121 Å². The number of hydrogen-bond donors (Lipinski definition) is 2. The van der Waals surface area contributed by atoms with Crippen LogP contribution < -0.4 is 11.1 Å². The van der Waals surface area contributed by atoms with Crippen molar-refractivity contribution in [2.75, 3.05) is 38.2 Å². The first kappa shape index (κ1) is 18.0. The molecule has 1 saturated heterocycles. The number of halogens is 1. The molecule has 0 saturated carbocycles. The highest BCUT2D eigenvalue weighted by Gasteiger charge is 2.13. The van der Waals surface area contributed by atoms with Crippen molar-refractivity contribution < 1.29 is 4.79 Å². The third-order valence-corrected chi connectivity index (χ3v) is 3.79. The number of nitrogens with zero attached hydrogens (tertiary/aromatic N) is 1. The van der Waals surface area contributed by atoms with Crippen molar-refractivity contribution in [1.29, 1.82) is 0 Å². The molecule has 0 bridgehead atoms. The zero-order chi connectivity index (χ0) is 12.5. The van der Waals surface area contributed by atoms with Crippen LogP contribution >= 0.6 is 24.2 Å². The molecule has 6 heteroatoms. The highest BCUT2D eigenvalue weighted by molar-refractivity contribution is 7.98. The van der Waals surface area contributed by atoms with Crippen LogP contribution in [0.3, 0.4) is 0 Å². The zero-order valence-corrected chi connectivity index (χ0v) is 12.8. The number of amides is 1. The molecule has 1 aliphatic rings. The SMILES string of the molecule is CSCC[C@H](N)C(=O)NCCN1CCCCC1.Cl. The van der Waals surface area contributed by atoms with Crippen LogP contribution in [0.1, 0.15) is 25.7 Å². The summed E-state index contributed by atoms with van der Waals surface area (Å²) in [4.78, 5) is 14.0. The van der Waals surface area contributed by atoms with E-state index >= 15 is 0 Å². The Kier molecular flexibility index (Phi) is 10.9. The first-order chi connectivity index (χ1) is 8.24. The number of rotatable bonds is 7. The Morgan fingerprint density at radius 2 is 2.06 bits per heavy atom. The predicted octanol–water partition coefficient (Wildman–Crippen LogP) is 1.09. The van der Waals surface area contributed by atoms with Gasteiger partial charge in [0.05, 0.1) is 6.04 Å². The monoisotopic (exact) mass is 295 g/mol. The average Bonchev–Trinajstić information content (AvgIpc) is 2.37. The minimum Gasteiger partial charge on any atom is -0.353 e. The maximum atomic E-state index is 11.6. The molecule has 0 aromatic heterocycles. The van der Waals surface area contributed by atoms with Crippen LogP contribution in [-0.2, 0) is 4.79 Å². The number of piperidine rings is 1. The molecule has 3 N–H and O–H groups in total. The van der Waals surface area contributed by atoms with E-state index in [9.17, 15) is 4.79 Å². The van der Waals surface area contributed by atoms with E-state index in [2.05, 4.69) is 10.2 Å². The topological polar surface area (TPSA) is 58.4 Å².